The van der Waals surface area contributed by atoms with E-state index >= 15 is 0 Å². The number of rotatable bonds is 5. The Bertz CT molecular complexity index is 1420. The number of piperidine rings is 1. The number of hydrogen-bond acceptors (Lipinski definition) is 5. The zero-order valence-corrected chi connectivity index (χ0v) is 20.9. The van der Waals surface area contributed by atoms with E-state index in [0.29, 0.717) is 29.9 Å². The summed E-state index contributed by atoms with van der Waals surface area (Å²) in [5.41, 5.74) is 3.30. The van der Waals surface area contributed by atoms with Crippen LogP contribution in [0.4, 0.5) is 24.0 Å². The summed E-state index contributed by atoms with van der Waals surface area (Å²) in [6, 6.07) is 18.0. The number of likely N-dealkylation sites (tertiary alicyclic amines) is 1. The molecule has 1 N–H and O–H groups in total. The Hall–Kier alpha value is -3.72. The third-order valence-electron chi connectivity index (χ3n) is 6.36. The van der Waals surface area contributed by atoms with Crippen LogP contribution in [-0.4, -0.2) is 33.9 Å². The van der Waals surface area contributed by atoms with Crippen LogP contribution in [0.5, 0.6) is 0 Å². The smallest absolute Gasteiger partial charge is 0.338 e. The highest BCUT2D eigenvalue weighted by molar-refractivity contribution is 7.13. The van der Waals surface area contributed by atoms with Gasteiger partial charge in [-0.2, -0.15) is 13.2 Å². The number of alkyl halides is 3. The quantitative estimate of drug-likeness (QED) is 0.299. The normalized spacial score (nSPS) is 16.0. The summed E-state index contributed by atoms with van der Waals surface area (Å²) in [6.45, 7) is 3.08. The Balaban J connectivity index is 1.32. The van der Waals surface area contributed by atoms with Gasteiger partial charge < -0.3 is 10.2 Å². The van der Waals surface area contributed by atoms with Crippen molar-refractivity contribution in [3.63, 3.8) is 0 Å². The minimum Gasteiger partial charge on any atom is -0.338 e. The molecule has 9 heteroatoms. The van der Waals surface area contributed by atoms with E-state index in [1.165, 1.54) is 17.4 Å². The number of halogens is 3. The van der Waals surface area contributed by atoms with E-state index in [1.807, 2.05) is 47.5 Å². The molecule has 4 aromatic rings. The van der Waals surface area contributed by atoms with Gasteiger partial charge in [0.1, 0.15) is 0 Å². The summed E-state index contributed by atoms with van der Waals surface area (Å²) in [7, 11) is 0. The van der Waals surface area contributed by atoms with E-state index in [4.69, 9.17) is 4.98 Å². The van der Waals surface area contributed by atoms with E-state index in [0.717, 1.165) is 47.2 Å². The molecule has 190 valence electrons. The second-order valence-corrected chi connectivity index (χ2v) is 9.97. The lowest BCUT2D eigenvalue weighted by Gasteiger charge is -2.33. The highest BCUT2D eigenvalue weighted by Crippen LogP contribution is 2.33. The summed E-state index contributed by atoms with van der Waals surface area (Å²) in [6.07, 6.45) is -2.74. The topological polar surface area (TPSA) is 58.1 Å². The van der Waals surface area contributed by atoms with E-state index in [-0.39, 0.29) is 11.8 Å². The Morgan fingerprint density at radius 2 is 1.86 bits per heavy atom. The van der Waals surface area contributed by atoms with Gasteiger partial charge >= 0.3 is 6.18 Å². The third-order valence-corrected chi connectivity index (χ3v) is 7.24. The average Bonchev–Trinajstić information content (AvgIpc) is 3.32. The number of thiazole rings is 1. The van der Waals surface area contributed by atoms with Gasteiger partial charge in [0.2, 0.25) is 0 Å². The summed E-state index contributed by atoms with van der Waals surface area (Å²) in [5, 5.41) is 5.98. The van der Waals surface area contributed by atoms with Crippen LogP contribution in [0.15, 0.2) is 72.1 Å². The zero-order valence-electron chi connectivity index (χ0n) is 20.1. The van der Waals surface area contributed by atoms with Crippen LogP contribution in [0.25, 0.3) is 11.3 Å². The van der Waals surface area contributed by atoms with Crippen LogP contribution in [0, 0.1) is 6.92 Å². The van der Waals surface area contributed by atoms with Crippen molar-refractivity contribution >= 4 is 28.1 Å². The minimum absolute atomic E-state index is 0.00282. The zero-order chi connectivity index (χ0) is 26.0. The molecular formula is C28H25F3N4OS. The molecular weight excluding hydrogens is 497 g/mol. The van der Waals surface area contributed by atoms with Crippen LogP contribution in [0.3, 0.4) is 0 Å². The standard InChI is InChI=1S/C28H25F3N4OS/c1-18-17-37-27(32-18)33-23-10-3-7-20(15-23)26(36)35-13-5-8-21(16-35)25-12-4-11-24(34-25)19-6-2-9-22(14-19)28(29,30)31/h2-4,6-7,9-12,14-15,17,21H,5,8,13,16H2,1H3,(H,32,33)/t21-/m0/s1. The van der Waals surface area contributed by atoms with E-state index < -0.39 is 11.7 Å². The molecule has 2 aromatic heterocycles. The van der Waals surface area contributed by atoms with Crippen molar-refractivity contribution in [3.8, 4) is 11.3 Å². The SMILES string of the molecule is Cc1csc(Nc2cccc(C(=O)N3CCC[C@H](c4cccc(-c5cccc(C(F)(F)F)c5)n4)C3)c2)n1. The first-order chi connectivity index (χ1) is 17.8. The van der Waals surface area contributed by atoms with Gasteiger partial charge in [-0.05, 0) is 62.2 Å². The molecule has 5 nitrogen and oxygen atoms in total. The van der Waals surface area contributed by atoms with Gasteiger partial charge in [0.25, 0.3) is 5.91 Å². The van der Waals surface area contributed by atoms with Gasteiger partial charge in [0.15, 0.2) is 5.13 Å². The number of hydrogen-bond donors (Lipinski definition) is 1. The van der Waals surface area contributed by atoms with Gasteiger partial charge in [-0.25, -0.2) is 4.98 Å². The number of aryl methyl sites for hydroxylation is 1. The number of benzene rings is 2. The number of nitrogens with zero attached hydrogens (tertiary/aromatic N) is 3. The molecule has 1 saturated heterocycles. The molecule has 1 aliphatic heterocycles. The number of carbonyl (C=O) groups excluding carboxylic acids is 1. The van der Waals surface area contributed by atoms with Gasteiger partial charge in [-0.3, -0.25) is 9.78 Å². The van der Waals surface area contributed by atoms with E-state index in [9.17, 15) is 18.0 Å². The van der Waals surface area contributed by atoms with Crippen molar-refractivity contribution in [2.75, 3.05) is 18.4 Å². The van der Waals surface area contributed by atoms with E-state index in [1.54, 1.807) is 18.2 Å². The lowest BCUT2D eigenvalue weighted by molar-refractivity contribution is -0.137. The minimum atomic E-state index is -4.41. The highest BCUT2D eigenvalue weighted by Gasteiger charge is 2.31. The largest absolute Gasteiger partial charge is 0.416 e. The molecule has 5 rings (SSSR count). The van der Waals surface area contributed by atoms with Gasteiger partial charge in [-0.15, -0.1) is 11.3 Å². The molecule has 0 unspecified atom stereocenters. The molecule has 0 spiro atoms. The predicted molar refractivity (Wildman–Crippen MR) is 139 cm³/mol. The first kappa shape index (κ1) is 25.0. The number of amides is 1. The second kappa shape index (κ2) is 10.3. The van der Waals surface area contributed by atoms with Gasteiger partial charge in [0, 0.05) is 46.9 Å². The van der Waals surface area contributed by atoms with Crippen molar-refractivity contribution in [1.82, 2.24) is 14.9 Å². The number of nitrogens with one attached hydrogen (secondary N) is 1. The Kier molecular flexibility index (Phi) is 6.97. The number of pyridine rings is 1. The second-order valence-electron chi connectivity index (χ2n) is 9.12. The molecule has 0 radical (unpaired) electrons. The fraction of sp³-hybridized carbons (Fsp3) is 0.250. The van der Waals surface area contributed by atoms with E-state index in [2.05, 4.69) is 10.3 Å². The maximum Gasteiger partial charge on any atom is 0.416 e. The Morgan fingerprint density at radius 1 is 1.05 bits per heavy atom. The highest BCUT2D eigenvalue weighted by atomic mass is 32.1. The van der Waals surface area contributed by atoms with Crippen LogP contribution in [0.2, 0.25) is 0 Å². The molecule has 0 aliphatic carbocycles. The van der Waals surface area contributed by atoms with Crippen LogP contribution >= 0.6 is 11.3 Å². The maximum absolute atomic E-state index is 13.4. The number of aromatic nitrogens is 2. The summed E-state index contributed by atoms with van der Waals surface area (Å²) in [5.74, 6) is -0.0549. The molecule has 1 fully saturated rings. The molecule has 1 atom stereocenters. The van der Waals surface area contributed by atoms with Crippen molar-refractivity contribution in [2.24, 2.45) is 0 Å². The molecule has 0 bridgehead atoms. The summed E-state index contributed by atoms with van der Waals surface area (Å²) < 4.78 is 39.5. The fourth-order valence-electron chi connectivity index (χ4n) is 4.54. The molecule has 1 amide bonds. The molecule has 37 heavy (non-hydrogen) atoms. The first-order valence-electron chi connectivity index (χ1n) is 12.0. The van der Waals surface area contributed by atoms with Crippen LogP contribution in [0.1, 0.15) is 46.1 Å². The number of anilines is 2. The van der Waals surface area contributed by atoms with Crippen LogP contribution < -0.4 is 5.32 Å². The third kappa shape index (κ3) is 5.83. The van der Waals surface area contributed by atoms with Gasteiger partial charge in [0.05, 0.1) is 17.0 Å². The predicted octanol–water partition coefficient (Wildman–Crippen LogP) is 7.30. The Labute approximate surface area is 217 Å². The van der Waals surface area contributed by atoms with Gasteiger partial charge in [-0.1, -0.05) is 24.3 Å². The van der Waals surface area contributed by atoms with Crippen molar-refractivity contribution in [2.45, 2.75) is 31.9 Å². The molecule has 0 saturated carbocycles. The Morgan fingerprint density at radius 3 is 2.65 bits per heavy atom. The maximum atomic E-state index is 13.4. The number of carbonyl (C=O) groups is 1. The summed E-state index contributed by atoms with van der Waals surface area (Å²) >= 11 is 1.51. The van der Waals surface area contributed by atoms with Crippen molar-refractivity contribution < 1.29 is 18.0 Å². The summed E-state index contributed by atoms with van der Waals surface area (Å²) in [4.78, 5) is 24.3. The van der Waals surface area contributed by atoms with Crippen molar-refractivity contribution in [1.29, 1.82) is 0 Å². The molecule has 3 heterocycles. The first-order valence-corrected chi connectivity index (χ1v) is 12.9. The lowest BCUT2D eigenvalue weighted by atomic mass is 9.93. The molecule has 2 aromatic carbocycles. The van der Waals surface area contributed by atoms with Crippen molar-refractivity contribution in [3.05, 3.63) is 94.6 Å². The lowest BCUT2D eigenvalue weighted by Crippen LogP contribution is -2.39. The fourth-order valence-corrected chi connectivity index (χ4v) is 5.25. The van der Waals surface area contributed by atoms with Crippen LogP contribution in [-0.2, 0) is 6.18 Å². The molecule has 1 aliphatic rings. The monoisotopic (exact) mass is 522 g/mol. The average molecular weight is 523 g/mol.